The molecule has 2 saturated heterocycles. The van der Waals surface area contributed by atoms with Crippen molar-refractivity contribution in [1.82, 2.24) is 20.9 Å². The van der Waals surface area contributed by atoms with Gasteiger partial charge in [0.1, 0.15) is 0 Å². The van der Waals surface area contributed by atoms with Crippen LogP contribution in [0.2, 0.25) is 0 Å². The topological polar surface area (TPSA) is 82.7 Å². The molecule has 0 aromatic heterocycles. The number of rotatable bonds is 4. The van der Waals surface area contributed by atoms with Gasteiger partial charge in [0.15, 0.2) is 6.29 Å². The molecule has 1 aromatic rings. The highest BCUT2D eigenvalue weighted by Gasteiger charge is 2.38. The number of carbonyl (C=O) groups is 2. The molecule has 7 heteroatoms. The maximum absolute atomic E-state index is 12.5. The van der Waals surface area contributed by atoms with Crippen LogP contribution in [-0.4, -0.2) is 42.0 Å². The maximum Gasteiger partial charge on any atom is 0.328 e. The van der Waals surface area contributed by atoms with Crippen LogP contribution in [0.25, 0.3) is 0 Å². The summed E-state index contributed by atoms with van der Waals surface area (Å²) in [7, 11) is 0. The molecule has 2 heterocycles. The lowest BCUT2D eigenvalue weighted by Crippen LogP contribution is -2.70. The van der Waals surface area contributed by atoms with Crippen molar-refractivity contribution < 1.29 is 14.3 Å². The van der Waals surface area contributed by atoms with Crippen molar-refractivity contribution in [2.24, 2.45) is 0 Å². The van der Waals surface area contributed by atoms with Crippen LogP contribution in [-0.2, 0) is 4.74 Å². The molecule has 0 bridgehead atoms. The second kappa shape index (κ2) is 7.41. The van der Waals surface area contributed by atoms with Crippen LogP contribution in [0.15, 0.2) is 24.3 Å². The van der Waals surface area contributed by atoms with Crippen LogP contribution in [0.3, 0.4) is 0 Å². The second-order valence-electron chi connectivity index (χ2n) is 6.86. The predicted octanol–water partition coefficient (Wildman–Crippen LogP) is 2.23. The Hall–Kier alpha value is -2.12. The standard InChI is InChI=1S/C18H26N4O3/c1-11-5-4-6-14(9-11)13(3)19-16-20-17(23)22(18(24)21-16)15-7-8-25-12(2)10-15/h4-6,9,12-13,15-16,19H,7-8,10H2,1-3H3,(H,20,23)(H,21,24)/t12?,13-,15?/m0/s1. The molecular formula is C18H26N4O3. The van der Waals surface area contributed by atoms with Crippen LogP contribution < -0.4 is 16.0 Å². The Morgan fingerprint density at radius 2 is 2.00 bits per heavy atom. The van der Waals surface area contributed by atoms with Crippen LogP contribution in [0, 0.1) is 6.92 Å². The van der Waals surface area contributed by atoms with Gasteiger partial charge in [-0.1, -0.05) is 29.8 Å². The molecule has 2 unspecified atom stereocenters. The Labute approximate surface area is 148 Å². The van der Waals surface area contributed by atoms with E-state index in [2.05, 4.69) is 22.0 Å². The van der Waals surface area contributed by atoms with E-state index in [9.17, 15) is 9.59 Å². The summed E-state index contributed by atoms with van der Waals surface area (Å²) < 4.78 is 5.50. The van der Waals surface area contributed by atoms with Gasteiger partial charge in [0, 0.05) is 18.7 Å². The number of hydrogen-bond donors (Lipinski definition) is 3. The molecule has 3 atom stereocenters. The fraction of sp³-hybridized carbons (Fsp3) is 0.556. The summed E-state index contributed by atoms with van der Waals surface area (Å²) in [6.07, 6.45) is 0.794. The first-order valence-corrected chi connectivity index (χ1v) is 8.78. The van der Waals surface area contributed by atoms with Gasteiger partial charge in [-0.15, -0.1) is 0 Å². The normalized spacial score (nSPS) is 26.1. The number of aryl methyl sites for hydroxylation is 1. The molecule has 7 nitrogen and oxygen atoms in total. The minimum atomic E-state index is -0.593. The zero-order valence-electron chi connectivity index (χ0n) is 14.9. The minimum Gasteiger partial charge on any atom is -0.378 e. The largest absolute Gasteiger partial charge is 0.378 e. The first-order chi connectivity index (χ1) is 11.9. The van der Waals surface area contributed by atoms with Gasteiger partial charge < -0.3 is 15.4 Å². The van der Waals surface area contributed by atoms with E-state index < -0.39 is 6.29 Å². The van der Waals surface area contributed by atoms with Crippen molar-refractivity contribution in [3.8, 4) is 0 Å². The minimum absolute atomic E-state index is 0.0137. The molecule has 0 spiro atoms. The van der Waals surface area contributed by atoms with E-state index >= 15 is 0 Å². The van der Waals surface area contributed by atoms with Crippen molar-refractivity contribution in [3.63, 3.8) is 0 Å². The van der Waals surface area contributed by atoms with Gasteiger partial charge in [-0.25, -0.2) is 14.5 Å². The molecular weight excluding hydrogens is 320 g/mol. The van der Waals surface area contributed by atoms with Gasteiger partial charge >= 0.3 is 12.1 Å². The van der Waals surface area contributed by atoms with Gasteiger partial charge in [-0.05, 0) is 39.2 Å². The Bertz CT molecular complexity index is 633. The van der Waals surface area contributed by atoms with Gasteiger partial charge in [0.05, 0.1) is 6.10 Å². The SMILES string of the molecule is Cc1cccc([C@H](C)NC2NC(=O)N(C3CCOC(C)C3)C(=O)N2)c1. The summed E-state index contributed by atoms with van der Waals surface area (Å²) in [6.45, 7) is 6.56. The van der Waals surface area contributed by atoms with E-state index in [1.807, 2.05) is 39.0 Å². The molecule has 25 heavy (non-hydrogen) atoms. The predicted molar refractivity (Wildman–Crippen MR) is 93.9 cm³/mol. The fourth-order valence-corrected chi connectivity index (χ4v) is 3.42. The van der Waals surface area contributed by atoms with Crippen molar-refractivity contribution in [3.05, 3.63) is 35.4 Å². The summed E-state index contributed by atoms with van der Waals surface area (Å²) in [5.74, 6) is 0. The molecule has 0 radical (unpaired) electrons. The third kappa shape index (κ3) is 4.11. The monoisotopic (exact) mass is 346 g/mol. The van der Waals surface area contributed by atoms with Crippen molar-refractivity contribution in [2.75, 3.05) is 6.61 Å². The molecule has 0 saturated carbocycles. The summed E-state index contributed by atoms with van der Waals surface area (Å²) in [5, 5.41) is 8.89. The van der Waals surface area contributed by atoms with Crippen LogP contribution in [0.5, 0.6) is 0 Å². The van der Waals surface area contributed by atoms with Crippen LogP contribution >= 0.6 is 0 Å². The lowest BCUT2D eigenvalue weighted by molar-refractivity contribution is -0.00386. The third-order valence-corrected chi connectivity index (χ3v) is 4.75. The molecule has 2 fully saturated rings. The second-order valence-corrected chi connectivity index (χ2v) is 6.86. The van der Waals surface area contributed by atoms with Crippen molar-refractivity contribution >= 4 is 12.1 Å². The van der Waals surface area contributed by atoms with Crippen LogP contribution in [0.1, 0.15) is 43.9 Å². The van der Waals surface area contributed by atoms with Gasteiger partial charge in [0.2, 0.25) is 0 Å². The Morgan fingerprint density at radius 1 is 1.28 bits per heavy atom. The lowest BCUT2D eigenvalue weighted by atomic mass is 10.0. The van der Waals surface area contributed by atoms with E-state index in [0.717, 1.165) is 5.56 Å². The molecule has 0 aliphatic carbocycles. The highest BCUT2D eigenvalue weighted by molar-refractivity contribution is 5.96. The highest BCUT2D eigenvalue weighted by Crippen LogP contribution is 2.21. The number of nitrogens with zero attached hydrogens (tertiary/aromatic N) is 1. The van der Waals surface area contributed by atoms with E-state index in [-0.39, 0.29) is 30.2 Å². The summed E-state index contributed by atoms with van der Waals surface area (Å²) in [6, 6.07) is 7.27. The number of imide groups is 1. The number of amides is 4. The number of benzene rings is 1. The number of nitrogens with one attached hydrogen (secondary N) is 3. The maximum atomic E-state index is 12.5. The van der Waals surface area contributed by atoms with E-state index in [1.165, 1.54) is 10.5 Å². The van der Waals surface area contributed by atoms with Gasteiger partial charge in [-0.3, -0.25) is 5.32 Å². The zero-order chi connectivity index (χ0) is 18.0. The Balaban J connectivity index is 1.62. The molecule has 3 N–H and O–H groups in total. The number of carbonyl (C=O) groups excluding carboxylic acids is 2. The third-order valence-electron chi connectivity index (χ3n) is 4.75. The average Bonchev–Trinajstić information content (AvgIpc) is 2.54. The Morgan fingerprint density at radius 3 is 2.64 bits per heavy atom. The van der Waals surface area contributed by atoms with Crippen molar-refractivity contribution in [1.29, 1.82) is 0 Å². The molecule has 4 amide bonds. The summed E-state index contributed by atoms with van der Waals surface area (Å²) >= 11 is 0. The quantitative estimate of drug-likeness (QED) is 0.781. The van der Waals surface area contributed by atoms with E-state index in [0.29, 0.717) is 19.4 Å². The van der Waals surface area contributed by atoms with Crippen LogP contribution in [0.4, 0.5) is 9.59 Å². The van der Waals surface area contributed by atoms with Gasteiger partial charge in [0.25, 0.3) is 0 Å². The number of urea groups is 2. The smallest absolute Gasteiger partial charge is 0.328 e. The molecule has 2 aliphatic rings. The first-order valence-electron chi connectivity index (χ1n) is 8.78. The van der Waals surface area contributed by atoms with Gasteiger partial charge in [-0.2, -0.15) is 0 Å². The summed E-state index contributed by atoms with van der Waals surface area (Å²) in [4.78, 5) is 26.2. The molecule has 3 rings (SSSR count). The summed E-state index contributed by atoms with van der Waals surface area (Å²) in [5.41, 5.74) is 2.27. The molecule has 2 aliphatic heterocycles. The average molecular weight is 346 g/mol. The highest BCUT2D eigenvalue weighted by atomic mass is 16.5. The molecule has 136 valence electrons. The fourth-order valence-electron chi connectivity index (χ4n) is 3.42. The zero-order valence-corrected chi connectivity index (χ0v) is 14.9. The van der Waals surface area contributed by atoms with E-state index in [4.69, 9.17) is 4.74 Å². The molecule has 1 aromatic carbocycles. The van der Waals surface area contributed by atoms with Crippen molar-refractivity contribution in [2.45, 2.75) is 58.1 Å². The number of ether oxygens (including phenoxy) is 1. The van der Waals surface area contributed by atoms with E-state index in [1.54, 1.807) is 0 Å². The lowest BCUT2D eigenvalue weighted by Gasteiger charge is -2.40. The number of hydrogen-bond acceptors (Lipinski definition) is 4. The first kappa shape index (κ1) is 17.7. The Kier molecular flexibility index (Phi) is 5.24.